The molecular formula is C32H37BrClN3O4S. The van der Waals surface area contributed by atoms with Crippen LogP contribution >= 0.6 is 27.5 Å². The Morgan fingerprint density at radius 3 is 2.33 bits per heavy atom. The fraction of sp³-hybridized carbons (Fsp3) is 0.375. The molecule has 10 heteroatoms. The zero-order chi connectivity index (χ0) is 30.4. The number of sulfonamides is 1. The number of hydrogen-bond donors (Lipinski definition) is 1. The third kappa shape index (κ3) is 7.94. The number of benzene rings is 3. The third-order valence-electron chi connectivity index (χ3n) is 7.68. The lowest BCUT2D eigenvalue weighted by Crippen LogP contribution is -2.53. The summed E-state index contributed by atoms with van der Waals surface area (Å²) in [6, 6.07) is 18.1. The summed E-state index contributed by atoms with van der Waals surface area (Å²) >= 11 is 9.68. The number of anilines is 1. The van der Waals surface area contributed by atoms with Gasteiger partial charge in [0.15, 0.2) is 0 Å². The number of carbonyl (C=O) groups excluding carboxylic acids is 2. The van der Waals surface area contributed by atoms with Crippen molar-refractivity contribution in [3.05, 3.63) is 92.9 Å². The maximum absolute atomic E-state index is 14.2. The van der Waals surface area contributed by atoms with Crippen molar-refractivity contribution in [1.82, 2.24) is 10.2 Å². The highest BCUT2D eigenvalue weighted by Gasteiger charge is 2.33. The summed E-state index contributed by atoms with van der Waals surface area (Å²) in [5.74, 6) is -0.743. The molecule has 3 aromatic rings. The van der Waals surface area contributed by atoms with Crippen LogP contribution in [0.15, 0.2) is 76.1 Å². The van der Waals surface area contributed by atoms with Crippen LogP contribution in [-0.4, -0.2) is 43.8 Å². The number of amides is 2. The van der Waals surface area contributed by atoms with Crippen molar-refractivity contribution in [3.8, 4) is 0 Å². The molecule has 0 saturated heterocycles. The number of rotatable bonds is 10. The first-order valence-electron chi connectivity index (χ1n) is 14.2. The Hall–Kier alpha value is -2.88. The van der Waals surface area contributed by atoms with Gasteiger partial charge in [0.2, 0.25) is 11.8 Å². The van der Waals surface area contributed by atoms with Crippen LogP contribution in [0.1, 0.15) is 55.7 Å². The number of nitrogens with one attached hydrogen (secondary N) is 1. The number of aryl methyl sites for hydroxylation is 2. The molecule has 2 amide bonds. The van der Waals surface area contributed by atoms with E-state index in [9.17, 15) is 18.0 Å². The minimum Gasteiger partial charge on any atom is -0.352 e. The molecule has 4 rings (SSSR count). The van der Waals surface area contributed by atoms with Crippen molar-refractivity contribution in [1.29, 1.82) is 0 Å². The maximum atomic E-state index is 14.2. The zero-order valence-corrected chi connectivity index (χ0v) is 27.3. The van der Waals surface area contributed by atoms with Gasteiger partial charge in [-0.05, 0) is 87.2 Å². The molecule has 0 spiro atoms. The smallest absolute Gasteiger partial charge is 0.264 e. The van der Waals surface area contributed by atoms with Gasteiger partial charge in [-0.1, -0.05) is 76.6 Å². The van der Waals surface area contributed by atoms with E-state index in [0.29, 0.717) is 16.3 Å². The van der Waals surface area contributed by atoms with E-state index in [4.69, 9.17) is 11.6 Å². The molecule has 0 aromatic heterocycles. The highest BCUT2D eigenvalue weighted by Crippen LogP contribution is 2.30. The Morgan fingerprint density at radius 1 is 1.00 bits per heavy atom. The normalized spacial score (nSPS) is 14.7. The second-order valence-corrected chi connectivity index (χ2v) is 14.1. The van der Waals surface area contributed by atoms with E-state index in [1.54, 1.807) is 44.2 Å². The topological polar surface area (TPSA) is 86.8 Å². The first-order valence-corrected chi connectivity index (χ1v) is 16.8. The fourth-order valence-electron chi connectivity index (χ4n) is 5.23. The minimum absolute atomic E-state index is 0.0666. The minimum atomic E-state index is -4.15. The van der Waals surface area contributed by atoms with E-state index in [1.165, 1.54) is 17.0 Å². The van der Waals surface area contributed by atoms with Crippen LogP contribution in [0, 0.1) is 13.8 Å². The molecule has 1 saturated carbocycles. The molecule has 0 aliphatic heterocycles. The van der Waals surface area contributed by atoms with Gasteiger partial charge in [0.25, 0.3) is 10.0 Å². The van der Waals surface area contributed by atoms with Crippen molar-refractivity contribution in [2.24, 2.45) is 0 Å². The summed E-state index contributed by atoms with van der Waals surface area (Å²) in [5, 5.41) is 3.58. The molecule has 1 fully saturated rings. The molecule has 3 aromatic carbocycles. The van der Waals surface area contributed by atoms with Gasteiger partial charge in [0.1, 0.15) is 12.6 Å². The van der Waals surface area contributed by atoms with Crippen molar-refractivity contribution in [2.45, 2.75) is 76.4 Å². The second-order valence-electron chi connectivity index (χ2n) is 10.9. The van der Waals surface area contributed by atoms with Crippen molar-refractivity contribution in [2.75, 3.05) is 10.8 Å². The lowest BCUT2D eigenvalue weighted by atomic mass is 9.95. The van der Waals surface area contributed by atoms with Crippen LogP contribution < -0.4 is 9.62 Å². The molecule has 42 heavy (non-hydrogen) atoms. The van der Waals surface area contributed by atoms with E-state index in [-0.39, 0.29) is 23.4 Å². The molecule has 0 heterocycles. The molecule has 0 radical (unpaired) electrons. The number of hydrogen-bond acceptors (Lipinski definition) is 4. The second kappa shape index (κ2) is 14.1. The Labute approximate surface area is 262 Å². The monoisotopic (exact) mass is 673 g/mol. The standard InChI is InChI=1S/C32H37BrClN3O4S/c1-22-12-15-29(16-13-22)42(40,41)37(30-17-14-27(34)18-23(30)2)21-31(38)36(20-25-8-7-9-26(33)19-25)24(3)32(39)35-28-10-5-4-6-11-28/h7-9,12-19,24,28H,4-6,10-11,20-21H2,1-3H3,(H,35,39)/t24-/m0/s1. The van der Waals surface area contributed by atoms with Gasteiger partial charge >= 0.3 is 0 Å². The molecule has 7 nitrogen and oxygen atoms in total. The van der Waals surface area contributed by atoms with Crippen molar-refractivity contribution in [3.63, 3.8) is 0 Å². The summed E-state index contributed by atoms with van der Waals surface area (Å²) in [5.41, 5.74) is 2.67. The lowest BCUT2D eigenvalue weighted by molar-refractivity contribution is -0.139. The van der Waals surface area contributed by atoms with Crippen LogP contribution in [0.3, 0.4) is 0 Å². The van der Waals surface area contributed by atoms with Gasteiger partial charge in [-0.3, -0.25) is 13.9 Å². The maximum Gasteiger partial charge on any atom is 0.264 e. The van der Waals surface area contributed by atoms with Gasteiger partial charge in [-0.2, -0.15) is 0 Å². The highest BCUT2D eigenvalue weighted by atomic mass is 79.9. The average molecular weight is 675 g/mol. The first kappa shape index (κ1) is 32.0. The number of carbonyl (C=O) groups is 2. The van der Waals surface area contributed by atoms with Crippen molar-refractivity contribution >= 4 is 55.1 Å². The summed E-state index contributed by atoms with van der Waals surface area (Å²) in [7, 11) is -4.15. The molecule has 1 atom stereocenters. The fourth-order valence-corrected chi connectivity index (χ4v) is 7.38. The van der Waals surface area contributed by atoms with E-state index >= 15 is 0 Å². The average Bonchev–Trinajstić information content (AvgIpc) is 2.95. The molecule has 0 unspecified atom stereocenters. The Balaban J connectivity index is 1.70. The van der Waals surface area contributed by atoms with Gasteiger partial charge in [-0.25, -0.2) is 8.42 Å². The van der Waals surface area contributed by atoms with Gasteiger partial charge in [-0.15, -0.1) is 0 Å². The quantitative estimate of drug-likeness (QED) is 0.257. The highest BCUT2D eigenvalue weighted by molar-refractivity contribution is 9.10. The van der Waals surface area contributed by atoms with Crippen LogP contribution in [0.4, 0.5) is 5.69 Å². The predicted molar refractivity (Wildman–Crippen MR) is 171 cm³/mol. The zero-order valence-electron chi connectivity index (χ0n) is 24.1. The van der Waals surface area contributed by atoms with E-state index in [0.717, 1.165) is 52.0 Å². The first-order chi connectivity index (χ1) is 20.0. The van der Waals surface area contributed by atoms with E-state index < -0.39 is 28.5 Å². The van der Waals surface area contributed by atoms with E-state index in [1.807, 2.05) is 31.2 Å². The number of nitrogens with zero attached hydrogens (tertiary/aromatic N) is 2. The van der Waals surface area contributed by atoms with Gasteiger partial charge < -0.3 is 10.2 Å². The molecule has 1 aliphatic carbocycles. The molecule has 224 valence electrons. The molecule has 1 aliphatic rings. The van der Waals surface area contributed by atoms with Crippen molar-refractivity contribution < 1.29 is 18.0 Å². The lowest BCUT2D eigenvalue weighted by Gasteiger charge is -2.33. The van der Waals surface area contributed by atoms with Crippen LogP contribution in [0.5, 0.6) is 0 Å². The summed E-state index contributed by atoms with van der Waals surface area (Å²) < 4.78 is 30.0. The molecule has 1 N–H and O–H groups in total. The largest absolute Gasteiger partial charge is 0.352 e. The van der Waals surface area contributed by atoms with Crippen LogP contribution in [0.25, 0.3) is 0 Å². The molecule has 0 bridgehead atoms. The number of halogens is 2. The summed E-state index contributed by atoms with van der Waals surface area (Å²) in [6.45, 7) is 4.97. The Morgan fingerprint density at radius 2 is 1.69 bits per heavy atom. The van der Waals surface area contributed by atoms with Gasteiger partial charge in [0.05, 0.1) is 10.6 Å². The third-order valence-corrected chi connectivity index (χ3v) is 10.2. The van der Waals surface area contributed by atoms with E-state index in [2.05, 4.69) is 21.2 Å². The van der Waals surface area contributed by atoms with Crippen LogP contribution in [0.2, 0.25) is 5.02 Å². The Kier molecular flexibility index (Phi) is 10.7. The summed E-state index contributed by atoms with van der Waals surface area (Å²) in [6.07, 6.45) is 5.11. The predicted octanol–water partition coefficient (Wildman–Crippen LogP) is 6.78. The Bertz CT molecular complexity index is 1520. The van der Waals surface area contributed by atoms with Crippen LogP contribution in [-0.2, 0) is 26.2 Å². The SMILES string of the molecule is Cc1ccc(S(=O)(=O)N(CC(=O)N(Cc2cccc(Br)c2)[C@@H](C)C(=O)NC2CCCCC2)c2ccc(Cl)cc2C)cc1. The molecular weight excluding hydrogens is 638 g/mol. The van der Waals surface area contributed by atoms with Gasteiger partial charge in [0, 0.05) is 22.1 Å². The summed E-state index contributed by atoms with van der Waals surface area (Å²) in [4.78, 5) is 29.1.